The number of rotatable bonds is 13. The van der Waals surface area contributed by atoms with E-state index in [1.807, 2.05) is 18.3 Å². The fourth-order valence-electron chi connectivity index (χ4n) is 6.33. The summed E-state index contributed by atoms with van der Waals surface area (Å²) in [4.78, 5) is 9.92. The van der Waals surface area contributed by atoms with Crippen LogP contribution < -0.4 is 0 Å². The van der Waals surface area contributed by atoms with Crippen LogP contribution in [0.4, 0.5) is 0 Å². The molecule has 1 aliphatic rings. The molecule has 0 spiro atoms. The maximum absolute atomic E-state index is 6.13. The molecule has 5 rings (SSSR count). The van der Waals surface area contributed by atoms with Crippen molar-refractivity contribution < 1.29 is 0 Å². The highest BCUT2D eigenvalue weighted by atomic mass is 35.5. The maximum atomic E-state index is 6.13. The van der Waals surface area contributed by atoms with Crippen molar-refractivity contribution in [2.75, 3.05) is 19.6 Å². The molecule has 1 fully saturated rings. The third-order valence-corrected chi connectivity index (χ3v) is 9.31. The molecular weight excluding hydrogens is 564 g/mol. The Bertz CT molecular complexity index is 1630. The lowest BCUT2D eigenvalue weighted by atomic mass is 9.97. The minimum absolute atomic E-state index is 0.634. The standard InChI is InChI=1S/C37H47ClN6/c1-7-34(42(8-2)9-3)25-44-36-23-31(27(4)5)12-15-35(36)39-37(44)26-41-19-16-29(17-20-41)24-43-21-18-33(40-43)14-11-30-10-13-32(38)22-28(30)6/h7-8,10,12-13,15,18,21-23,29H,2,4,9,11,14,16-17,19-20,24-26H2,1,3,5-6H3/b34-7-. The van der Waals surface area contributed by atoms with Gasteiger partial charge in [-0.25, -0.2) is 4.98 Å². The van der Waals surface area contributed by atoms with Crippen molar-refractivity contribution in [1.29, 1.82) is 0 Å². The fourth-order valence-corrected chi connectivity index (χ4v) is 6.55. The van der Waals surface area contributed by atoms with Crippen LogP contribution >= 0.6 is 11.6 Å². The van der Waals surface area contributed by atoms with E-state index in [4.69, 9.17) is 21.7 Å². The summed E-state index contributed by atoms with van der Waals surface area (Å²) in [5.41, 5.74) is 9.40. The summed E-state index contributed by atoms with van der Waals surface area (Å²) in [5, 5.41) is 5.71. The second kappa shape index (κ2) is 14.4. The van der Waals surface area contributed by atoms with Gasteiger partial charge in [-0.05, 0) is 126 Å². The number of hydrogen-bond donors (Lipinski definition) is 0. The highest BCUT2D eigenvalue weighted by Gasteiger charge is 2.23. The highest BCUT2D eigenvalue weighted by Crippen LogP contribution is 2.26. The second-order valence-corrected chi connectivity index (χ2v) is 12.6. The average molecular weight is 611 g/mol. The number of nitrogens with zero attached hydrogens (tertiary/aromatic N) is 6. The molecule has 0 atom stereocenters. The van der Waals surface area contributed by atoms with E-state index < -0.39 is 0 Å². The van der Waals surface area contributed by atoms with Gasteiger partial charge in [0.2, 0.25) is 0 Å². The normalized spacial score (nSPS) is 14.8. The molecule has 0 amide bonds. The van der Waals surface area contributed by atoms with Crippen LogP contribution in [0.5, 0.6) is 0 Å². The van der Waals surface area contributed by atoms with Crippen molar-refractivity contribution in [2.24, 2.45) is 5.92 Å². The number of aromatic nitrogens is 4. The Morgan fingerprint density at radius 3 is 2.59 bits per heavy atom. The minimum atomic E-state index is 0.634. The molecule has 0 unspecified atom stereocenters. The van der Waals surface area contributed by atoms with Crippen molar-refractivity contribution in [2.45, 2.75) is 73.0 Å². The fraction of sp³-hybridized carbons (Fsp3) is 0.405. The molecule has 44 heavy (non-hydrogen) atoms. The number of likely N-dealkylation sites (N-methyl/N-ethyl adjacent to an activating group) is 1. The number of imidazole rings is 1. The molecule has 1 aliphatic heterocycles. The lowest BCUT2D eigenvalue weighted by Crippen LogP contribution is -2.35. The third-order valence-electron chi connectivity index (χ3n) is 9.07. The third kappa shape index (κ3) is 7.54. The first kappa shape index (κ1) is 31.8. The SMILES string of the molecule is C=CN(CC)/C(=C\C)Cn1c(CN2CCC(Cn3ccc(CCc4ccc(Cl)cc4C)n3)CC2)nc2ccc(C(=C)C)cc21. The Balaban J connectivity index is 1.22. The monoisotopic (exact) mass is 610 g/mol. The van der Waals surface area contributed by atoms with Crippen LogP contribution in [0.1, 0.15) is 61.8 Å². The Kier molecular flexibility index (Phi) is 10.4. The largest absolute Gasteiger partial charge is 0.351 e. The summed E-state index contributed by atoms with van der Waals surface area (Å²) < 4.78 is 4.55. The smallest absolute Gasteiger partial charge is 0.124 e. The number of aryl methyl sites for hydroxylation is 3. The summed E-state index contributed by atoms with van der Waals surface area (Å²) in [7, 11) is 0. The number of hydrogen-bond acceptors (Lipinski definition) is 4. The molecule has 232 valence electrons. The van der Waals surface area contributed by atoms with Crippen LogP contribution in [0.15, 0.2) is 79.8 Å². The molecule has 0 bridgehead atoms. The zero-order valence-electron chi connectivity index (χ0n) is 26.9. The highest BCUT2D eigenvalue weighted by molar-refractivity contribution is 6.30. The van der Waals surface area contributed by atoms with E-state index in [1.165, 1.54) is 29.7 Å². The average Bonchev–Trinajstić information content (AvgIpc) is 3.60. The second-order valence-electron chi connectivity index (χ2n) is 12.2. The predicted octanol–water partition coefficient (Wildman–Crippen LogP) is 8.29. The van der Waals surface area contributed by atoms with Crippen molar-refractivity contribution >= 4 is 28.2 Å². The van der Waals surface area contributed by atoms with Crippen molar-refractivity contribution in [3.8, 4) is 0 Å². The molecule has 7 heteroatoms. The molecule has 2 aromatic heterocycles. The van der Waals surface area contributed by atoms with E-state index in [-0.39, 0.29) is 0 Å². The van der Waals surface area contributed by atoms with Gasteiger partial charge in [-0.15, -0.1) is 0 Å². The molecule has 0 N–H and O–H groups in total. The van der Waals surface area contributed by atoms with Crippen molar-refractivity contribution in [3.05, 3.63) is 113 Å². The van der Waals surface area contributed by atoms with E-state index in [1.54, 1.807) is 0 Å². The molecule has 6 nitrogen and oxygen atoms in total. The van der Waals surface area contributed by atoms with Gasteiger partial charge in [0.15, 0.2) is 0 Å². The van der Waals surface area contributed by atoms with E-state index in [0.717, 1.165) is 90.8 Å². The number of piperidine rings is 1. The van der Waals surface area contributed by atoms with Crippen molar-refractivity contribution in [1.82, 2.24) is 29.1 Å². The number of likely N-dealkylation sites (tertiary alicyclic amines) is 1. The van der Waals surface area contributed by atoms with Gasteiger partial charge < -0.3 is 9.47 Å². The Morgan fingerprint density at radius 2 is 1.91 bits per heavy atom. The van der Waals surface area contributed by atoms with Gasteiger partial charge in [0.1, 0.15) is 5.82 Å². The Labute approximate surface area is 268 Å². The van der Waals surface area contributed by atoms with Crippen molar-refractivity contribution in [3.63, 3.8) is 0 Å². The van der Waals surface area contributed by atoms with E-state index in [2.05, 4.69) is 103 Å². The predicted molar refractivity (Wildman–Crippen MR) is 185 cm³/mol. The van der Waals surface area contributed by atoms with Crippen LogP contribution in [-0.2, 0) is 32.5 Å². The van der Waals surface area contributed by atoms with Gasteiger partial charge in [-0.1, -0.05) is 48.5 Å². The van der Waals surface area contributed by atoms with Crippen LogP contribution in [-0.4, -0.2) is 48.8 Å². The van der Waals surface area contributed by atoms with Gasteiger partial charge in [0.25, 0.3) is 0 Å². The van der Waals surface area contributed by atoms with E-state index >= 15 is 0 Å². The number of allylic oxidation sites excluding steroid dienone is 3. The van der Waals surface area contributed by atoms with E-state index in [9.17, 15) is 0 Å². The molecule has 0 radical (unpaired) electrons. The van der Waals surface area contributed by atoms with Crippen LogP contribution in [0, 0.1) is 12.8 Å². The number of halogens is 1. The number of fused-ring (bicyclic) bond motifs is 1. The first-order valence-electron chi connectivity index (χ1n) is 16.0. The zero-order chi connectivity index (χ0) is 31.2. The molecule has 2 aromatic carbocycles. The van der Waals surface area contributed by atoms with Gasteiger partial charge in [0, 0.05) is 30.0 Å². The minimum Gasteiger partial charge on any atom is -0.351 e. The van der Waals surface area contributed by atoms with Crippen LogP contribution in [0.2, 0.25) is 5.02 Å². The molecule has 0 saturated carbocycles. The summed E-state index contributed by atoms with van der Waals surface area (Å²) in [6.45, 7) is 22.3. The molecule has 0 aliphatic carbocycles. The van der Waals surface area contributed by atoms with Crippen LogP contribution in [0.25, 0.3) is 16.6 Å². The first-order chi connectivity index (χ1) is 21.3. The van der Waals surface area contributed by atoms with Gasteiger partial charge in [0.05, 0.1) is 29.8 Å². The molecule has 1 saturated heterocycles. The summed E-state index contributed by atoms with van der Waals surface area (Å²) in [6.07, 6.45) is 10.5. The quantitative estimate of drug-likeness (QED) is 0.153. The first-order valence-corrected chi connectivity index (χ1v) is 16.3. The summed E-state index contributed by atoms with van der Waals surface area (Å²) in [6, 6.07) is 14.8. The van der Waals surface area contributed by atoms with Gasteiger partial charge in [-0.2, -0.15) is 5.10 Å². The van der Waals surface area contributed by atoms with Gasteiger partial charge >= 0.3 is 0 Å². The van der Waals surface area contributed by atoms with Gasteiger partial charge in [-0.3, -0.25) is 9.58 Å². The lowest BCUT2D eigenvalue weighted by molar-refractivity contribution is 0.160. The zero-order valence-corrected chi connectivity index (χ0v) is 27.7. The Hall–Kier alpha value is -3.61. The number of benzene rings is 2. The maximum Gasteiger partial charge on any atom is 0.124 e. The Morgan fingerprint density at radius 1 is 1.11 bits per heavy atom. The molecule has 4 aromatic rings. The summed E-state index contributed by atoms with van der Waals surface area (Å²) in [5.74, 6) is 1.75. The summed E-state index contributed by atoms with van der Waals surface area (Å²) >= 11 is 6.13. The topological polar surface area (TPSA) is 42.1 Å². The molecular formula is C37H47ClN6. The lowest BCUT2D eigenvalue weighted by Gasteiger charge is -2.32. The van der Waals surface area contributed by atoms with Crippen LogP contribution in [0.3, 0.4) is 0 Å². The van der Waals surface area contributed by atoms with E-state index in [0.29, 0.717) is 5.92 Å². The molecule has 3 heterocycles.